The molecule has 0 aromatic carbocycles. The average Bonchev–Trinajstić information content (AvgIpc) is 2.13. The number of allylic oxidation sites excluding steroid dienone is 2. The molecule has 0 fully saturated rings. The maximum absolute atomic E-state index is 11.5. The molecule has 0 aromatic rings. The van der Waals surface area contributed by atoms with Crippen molar-refractivity contribution in [1.29, 1.82) is 0 Å². The highest BCUT2D eigenvalue weighted by Crippen LogP contribution is 2.22. The minimum absolute atomic E-state index is 0.0550. The smallest absolute Gasteiger partial charge is 0.233 e. The monoisotopic (exact) mass is 179 g/mol. The zero-order valence-electron chi connectivity index (χ0n) is 8.72. The lowest BCUT2D eigenvalue weighted by molar-refractivity contribution is -0.126. The van der Waals surface area contributed by atoms with Gasteiger partial charge in [0.2, 0.25) is 5.91 Å². The van der Waals surface area contributed by atoms with Gasteiger partial charge in [-0.2, -0.15) is 0 Å². The number of carbonyl (C=O) groups excluding carboxylic acids is 1. The van der Waals surface area contributed by atoms with Crippen LogP contribution in [0.4, 0.5) is 0 Å². The first-order valence-corrected chi connectivity index (χ1v) is 4.64. The molecule has 2 heteroatoms. The Morgan fingerprint density at radius 2 is 2.00 bits per heavy atom. The van der Waals surface area contributed by atoms with E-state index in [1.165, 1.54) is 5.57 Å². The van der Waals surface area contributed by atoms with E-state index < -0.39 is 5.41 Å². The third kappa shape index (κ3) is 2.20. The maximum Gasteiger partial charge on any atom is 0.233 e. The zero-order valence-corrected chi connectivity index (χ0v) is 8.72. The minimum Gasteiger partial charge on any atom is -0.332 e. The Kier molecular flexibility index (Phi) is 2.60. The standard InChI is InChI=1S/C11H17NO/c1-8(2)9-5-6-11(3,4)10(13)12-7-9/h5-8H,1-4H3,(H,12,13). The number of nitrogens with one attached hydrogen (secondary N) is 1. The molecule has 1 aliphatic rings. The van der Waals surface area contributed by atoms with Gasteiger partial charge in [0.25, 0.3) is 0 Å². The van der Waals surface area contributed by atoms with Crippen LogP contribution in [-0.4, -0.2) is 5.91 Å². The van der Waals surface area contributed by atoms with Crippen LogP contribution in [0.3, 0.4) is 0 Å². The Morgan fingerprint density at radius 3 is 2.54 bits per heavy atom. The van der Waals surface area contributed by atoms with Crippen LogP contribution in [-0.2, 0) is 4.79 Å². The van der Waals surface area contributed by atoms with Gasteiger partial charge < -0.3 is 5.32 Å². The second kappa shape index (κ2) is 3.36. The van der Waals surface area contributed by atoms with Gasteiger partial charge >= 0.3 is 0 Å². The molecule has 0 aliphatic carbocycles. The SMILES string of the molecule is CC(C)C1=CNC(=O)C(C)(C)C=C1. The van der Waals surface area contributed by atoms with Crippen molar-refractivity contribution in [3.05, 3.63) is 23.9 Å². The van der Waals surface area contributed by atoms with E-state index in [4.69, 9.17) is 0 Å². The molecule has 1 rings (SSSR count). The van der Waals surface area contributed by atoms with Crippen molar-refractivity contribution in [1.82, 2.24) is 5.32 Å². The van der Waals surface area contributed by atoms with E-state index in [1.54, 1.807) is 6.20 Å². The predicted molar refractivity (Wildman–Crippen MR) is 54.0 cm³/mol. The van der Waals surface area contributed by atoms with E-state index >= 15 is 0 Å². The van der Waals surface area contributed by atoms with Gasteiger partial charge in [-0.25, -0.2) is 0 Å². The second-order valence-corrected chi connectivity index (χ2v) is 4.33. The summed E-state index contributed by atoms with van der Waals surface area (Å²) < 4.78 is 0. The largest absolute Gasteiger partial charge is 0.332 e. The minimum atomic E-state index is -0.396. The lowest BCUT2D eigenvalue weighted by Crippen LogP contribution is -2.31. The van der Waals surface area contributed by atoms with Crippen LogP contribution in [0.2, 0.25) is 0 Å². The molecule has 0 atom stereocenters. The van der Waals surface area contributed by atoms with E-state index in [0.29, 0.717) is 5.92 Å². The Hall–Kier alpha value is -1.05. The first-order valence-electron chi connectivity index (χ1n) is 4.64. The molecular weight excluding hydrogens is 162 g/mol. The number of amides is 1. The molecule has 1 heterocycles. The summed E-state index contributed by atoms with van der Waals surface area (Å²) in [6.07, 6.45) is 5.79. The van der Waals surface area contributed by atoms with Gasteiger partial charge in [0.05, 0.1) is 5.41 Å². The molecule has 0 saturated carbocycles. The van der Waals surface area contributed by atoms with Crippen molar-refractivity contribution in [2.45, 2.75) is 27.7 Å². The molecule has 0 saturated heterocycles. The van der Waals surface area contributed by atoms with Crippen molar-refractivity contribution >= 4 is 5.91 Å². The number of rotatable bonds is 1. The van der Waals surface area contributed by atoms with Gasteiger partial charge in [-0.15, -0.1) is 0 Å². The van der Waals surface area contributed by atoms with Crippen LogP contribution >= 0.6 is 0 Å². The van der Waals surface area contributed by atoms with Crippen LogP contribution in [0.5, 0.6) is 0 Å². The van der Waals surface area contributed by atoms with Gasteiger partial charge in [-0.3, -0.25) is 4.79 Å². The Bertz CT molecular complexity index is 272. The normalized spacial score (nSPS) is 21.0. The first kappa shape index (κ1) is 10.0. The second-order valence-electron chi connectivity index (χ2n) is 4.33. The molecule has 0 spiro atoms. The van der Waals surface area contributed by atoms with Crippen LogP contribution in [0.25, 0.3) is 0 Å². The lowest BCUT2D eigenvalue weighted by Gasteiger charge is -2.15. The maximum atomic E-state index is 11.5. The summed E-state index contributed by atoms with van der Waals surface area (Å²) in [5.74, 6) is 0.504. The third-order valence-electron chi connectivity index (χ3n) is 2.31. The lowest BCUT2D eigenvalue weighted by atomic mass is 9.91. The number of carbonyl (C=O) groups is 1. The summed E-state index contributed by atoms with van der Waals surface area (Å²) in [7, 11) is 0. The third-order valence-corrected chi connectivity index (χ3v) is 2.31. The van der Waals surface area contributed by atoms with E-state index in [9.17, 15) is 4.79 Å². The summed E-state index contributed by atoms with van der Waals surface area (Å²) in [6, 6.07) is 0. The van der Waals surface area contributed by atoms with Gasteiger partial charge in [-0.1, -0.05) is 26.0 Å². The molecule has 1 amide bonds. The quantitative estimate of drug-likeness (QED) is 0.657. The highest BCUT2D eigenvalue weighted by atomic mass is 16.2. The molecular formula is C11H17NO. The van der Waals surface area contributed by atoms with Gasteiger partial charge in [0.1, 0.15) is 0 Å². The predicted octanol–water partition coefficient (Wildman–Crippen LogP) is 2.24. The van der Waals surface area contributed by atoms with E-state index in [1.807, 2.05) is 26.0 Å². The fourth-order valence-electron chi connectivity index (χ4n) is 1.12. The summed E-state index contributed by atoms with van der Waals surface area (Å²) in [5.41, 5.74) is 0.770. The highest BCUT2D eigenvalue weighted by molar-refractivity contribution is 5.85. The molecule has 0 unspecified atom stereocenters. The number of hydrogen-bond acceptors (Lipinski definition) is 1. The van der Waals surface area contributed by atoms with Crippen LogP contribution in [0, 0.1) is 11.3 Å². The van der Waals surface area contributed by atoms with Gasteiger partial charge in [-0.05, 0) is 25.3 Å². The molecule has 72 valence electrons. The number of hydrogen-bond donors (Lipinski definition) is 1. The van der Waals surface area contributed by atoms with Gasteiger partial charge in [0.15, 0.2) is 0 Å². The zero-order chi connectivity index (χ0) is 10.1. The van der Waals surface area contributed by atoms with Crippen molar-refractivity contribution in [3.8, 4) is 0 Å². The summed E-state index contributed by atoms with van der Waals surface area (Å²) in [6.45, 7) is 8.05. The molecule has 1 N–H and O–H groups in total. The van der Waals surface area contributed by atoms with Crippen molar-refractivity contribution in [3.63, 3.8) is 0 Å². The van der Waals surface area contributed by atoms with Crippen LogP contribution < -0.4 is 5.32 Å². The van der Waals surface area contributed by atoms with E-state index in [0.717, 1.165) is 0 Å². The summed E-state index contributed by atoms with van der Waals surface area (Å²) >= 11 is 0. The van der Waals surface area contributed by atoms with Crippen molar-refractivity contribution in [2.24, 2.45) is 11.3 Å². The molecule has 0 aromatic heterocycles. The Morgan fingerprint density at radius 1 is 1.38 bits per heavy atom. The Balaban J connectivity index is 2.92. The first-order chi connectivity index (χ1) is 5.93. The summed E-state index contributed by atoms with van der Waals surface area (Å²) in [5, 5.41) is 2.80. The van der Waals surface area contributed by atoms with Crippen LogP contribution in [0.1, 0.15) is 27.7 Å². The fraction of sp³-hybridized carbons (Fsp3) is 0.545. The van der Waals surface area contributed by atoms with Gasteiger partial charge in [0, 0.05) is 6.20 Å². The molecule has 13 heavy (non-hydrogen) atoms. The van der Waals surface area contributed by atoms with Crippen LogP contribution in [0.15, 0.2) is 23.9 Å². The molecule has 1 aliphatic heterocycles. The molecule has 0 radical (unpaired) electrons. The topological polar surface area (TPSA) is 29.1 Å². The van der Waals surface area contributed by atoms with E-state index in [2.05, 4.69) is 19.2 Å². The average molecular weight is 179 g/mol. The molecule has 0 bridgehead atoms. The summed E-state index contributed by atoms with van der Waals surface area (Å²) in [4.78, 5) is 11.5. The fourth-order valence-corrected chi connectivity index (χ4v) is 1.12. The van der Waals surface area contributed by atoms with Crippen molar-refractivity contribution in [2.75, 3.05) is 0 Å². The Labute approximate surface area is 79.7 Å². The van der Waals surface area contributed by atoms with E-state index in [-0.39, 0.29) is 5.91 Å². The highest BCUT2D eigenvalue weighted by Gasteiger charge is 2.25. The molecule has 2 nitrogen and oxygen atoms in total. The van der Waals surface area contributed by atoms with Crippen molar-refractivity contribution < 1.29 is 4.79 Å².